The Labute approximate surface area is 156 Å². The maximum absolute atomic E-state index is 11.6. The average molecular weight is 371 g/mol. The minimum absolute atomic E-state index is 0.114. The second-order valence-electron chi connectivity index (χ2n) is 5.43. The highest BCUT2D eigenvalue weighted by Gasteiger charge is 2.07. The van der Waals surface area contributed by atoms with Crippen LogP contribution in [0, 0.1) is 0 Å². The number of carbonyl (C=O) groups is 3. The molecule has 0 spiro atoms. The van der Waals surface area contributed by atoms with Gasteiger partial charge < -0.3 is 25.4 Å². The highest BCUT2D eigenvalue weighted by Crippen LogP contribution is 2.01. The molecule has 0 atom stereocenters. The second-order valence-corrected chi connectivity index (χ2v) is 5.43. The third-order valence-corrected chi connectivity index (χ3v) is 3.34. The van der Waals surface area contributed by atoms with Gasteiger partial charge in [-0.05, 0) is 11.1 Å². The van der Waals surface area contributed by atoms with Crippen molar-refractivity contribution in [2.75, 3.05) is 13.2 Å². The lowest BCUT2D eigenvalue weighted by Crippen LogP contribution is -2.42. The summed E-state index contributed by atoms with van der Waals surface area (Å²) in [5, 5.41) is 7.12. The van der Waals surface area contributed by atoms with Crippen LogP contribution >= 0.6 is 0 Å². The first-order valence-electron chi connectivity index (χ1n) is 8.29. The van der Waals surface area contributed by atoms with Gasteiger partial charge in [-0.25, -0.2) is 9.59 Å². The number of amides is 3. The minimum Gasteiger partial charge on any atom is -0.445 e. The number of ether oxygens (including phenoxy) is 2. The van der Waals surface area contributed by atoms with E-state index in [1.165, 1.54) is 0 Å². The Morgan fingerprint density at radius 3 is 1.67 bits per heavy atom. The molecule has 0 heterocycles. The number of alkyl carbamates (subject to hydrolysis) is 2. The van der Waals surface area contributed by atoms with Gasteiger partial charge in [-0.3, -0.25) is 4.79 Å². The van der Waals surface area contributed by atoms with Crippen molar-refractivity contribution in [1.82, 2.24) is 16.0 Å². The van der Waals surface area contributed by atoms with E-state index in [9.17, 15) is 14.4 Å². The molecule has 2 aromatic carbocycles. The molecule has 0 fully saturated rings. The van der Waals surface area contributed by atoms with Crippen LogP contribution in [-0.2, 0) is 27.5 Å². The summed E-state index contributed by atoms with van der Waals surface area (Å²) in [5.41, 5.74) is 1.70. The van der Waals surface area contributed by atoms with Crippen LogP contribution in [0.5, 0.6) is 0 Å². The Morgan fingerprint density at radius 2 is 1.15 bits per heavy atom. The number of hydrogen-bond acceptors (Lipinski definition) is 5. The van der Waals surface area contributed by atoms with E-state index in [1.807, 2.05) is 60.7 Å². The van der Waals surface area contributed by atoms with E-state index < -0.39 is 18.1 Å². The van der Waals surface area contributed by atoms with Gasteiger partial charge in [-0.1, -0.05) is 60.7 Å². The van der Waals surface area contributed by atoms with Crippen molar-refractivity contribution in [2.24, 2.45) is 0 Å². The monoisotopic (exact) mass is 371 g/mol. The van der Waals surface area contributed by atoms with Gasteiger partial charge in [0, 0.05) is 0 Å². The van der Waals surface area contributed by atoms with E-state index in [2.05, 4.69) is 16.0 Å². The molecule has 3 amide bonds. The average Bonchev–Trinajstić information content (AvgIpc) is 2.70. The van der Waals surface area contributed by atoms with Gasteiger partial charge in [0.25, 0.3) is 0 Å². The molecule has 3 N–H and O–H groups in total. The van der Waals surface area contributed by atoms with Crippen LogP contribution in [-0.4, -0.2) is 31.3 Å². The summed E-state index contributed by atoms with van der Waals surface area (Å²) in [6, 6.07) is 18.4. The Morgan fingerprint density at radius 1 is 0.667 bits per heavy atom. The molecule has 2 rings (SSSR count). The summed E-state index contributed by atoms with van der Waals surface area (Å²) in [7, 11) is 0. The van der Waals surface area contributed by atoms with Gasteiger partial charge in [0.05, 0.1) is 6.67 Å². The lowest BCUT2D eigenvalue weighted by molar-refractivity contribution is -0.120. The largest absolute Gasteiger partial charge is 0.445 e. The van der Waals surface area contributed by atoms with Gasteiger partial charge in [-0.15, -0.1) is 0 Å². The van der Waals surface area contributed by atoms with Crippen molar-refractivity contribution in [3.05, 3.63) is 71.8 Å². The molecule has 142 valence electrons. The van der Waals surface area contributed by atoms with Crippen LogP contribution in [0.25, 0.3) is 0 Å². The van der Waals surface area contributed by atoms with E-state index in [0.29, 0.717) is 0 Å². The van der Waals surface area contributed by atoms with Crippen LogP contribution in [0.1, 0.15) is 11.1 Å². The minimum atomic E-state index is -0.704. The molecular weight excluding hydrogens is 350 g/mol. The van der Waals surface area contributed by atoms with Crippen molar-refractivity contribution in [2.45, 2.75) is 13.2 Å². The number of benzene rings is 2. The first-order chi connectivity index (χ1) is 13.1. The summed E-state index contributed by atoms with van der Waals surface area (Å²) < 4.78 is 9.97. The number of nitrogens with one attached hydrogen (secondary N) is 3. The summed E-state index contributed by atoms with van der Waals surface area (Å²) in [6.45, 7) is -0.139. The second kappa shape index (κ2) is 11.1. The van der Waals surface area contributed by atoms with Crippen molar-refractivity contribution in [1.29, 1.82) is 0 Å². The van der Waals surface area contributed by atoms with E-state index in [-0.39, 0.29) is 26.4 Å². The van der Waals surface area contributed by atoms with Crippen LogP contribution in [0.15, 0.2) is 60.7 Å². The van der Waals surface area contributed by atoms with E-state index in [4.69, 9.17) is 9.47 Å². The third kappa shape index (κ3) is 8.39. The molecule has 0 saturated heterocycles. The summed E-state index contributed by atoms with van der Waals surface area (Å²) >= 11 is 0. The lowest BCUT2D eigenvalue weighted by atomic mass is 10.2. The predicted octanol–water partition coefficient (Wildman–Crippen LogP) is 1.91. The molecule has 0 radical (unpaired) electrons. The fourth-order valence-corrected chi connectivity index (χ4v) is 1.98. The summed E-state index contributed by atoms with van der Waals surface area (Å²) in [5.74, 6) is -0.477. The predicted molar refractivity (Wildman–Crippen MR) is 97.4 cm³/mol. The maximum Gasteiger partial charge on any atom is 0.408 e. The molecule has 0 aliphatic rings. The third-order valence-electron chi connectivity index (χ3n) is 3.34. The van der Waals surface area contributed by atoms with Crippen molar-refractivity contribution in [3.8, 4) is 0 Å². The molecule has 0 unspecified atom stereocenters. The molecule has 8 nitrogen and oxygen atoms in total. The topological polar surface area (TPSA) is 106 Å². The number of carbonyl (C=O) groups excluding carboxylic acids is 3. The van der Waals surface area contributed by atoms with Crippen LogP contribution in [0.3, 0.4) is 0 Å². The van der Waals surface area contributed by atoms with Crippen LogP contribution in [0.2, 0.25) is 0 Å². The van der Waals surface area contributed by atoms with Crippen LogP contribution in [0.4, 0.5) is 9.59 Å². The van der Waals surface area contributed by atoms with Gasteiger partial charge in [0.1, 0.15) is 19.8 Å². The molecule has 2 aromatic rings. The Bertz CT molecular complexity index is 738. The molecule has 8 heteroatoms. The fourth-order valence-electron chi connectivity index (χ4n) is 1.98. The van der Waals surface area contributed by atoms with Crippen molar-refractivity contribution < 1.29 is 23.9 Å². The van der Waals surface area contributed by atoms with Crippen LogP contribution < -0.4 is 16.0 Å². The fraction of sp³-hybridized carbons (Fsp3) is 0.211. The highest BCUT2D eigenvalue weighted by atomic mass is 16.6. The molecule has 27 heavy (non-hydrogen) atoms. The molecule has 0 bridgehead atoms. The standard InChI is InChI=1S/C19H21N3O5/c23-17(11-20-18(24)26-12-15-7-3-1-4-8-15)21-14-22-19(25)27-13-16-9-5-2-6-10-16/h1-10H,11-14H2,(H,20,24)(H,21,23)(H,22,25). The van der Waals surface area contributed by atoms with E-state index >= 15 is 0 Å². The van der Waals surface area contributed by atoms with Gasteiger partial charge in [0.2, 0.25) is 5.91 Å². The zero-order chi connectivity index (χ0) is 19.3. The smallest absolute Gasteiger partial charge is 0.408 e. The molecule has 0 aliphatic carbocycles. The Balaban J connectivity index is 1.52. The Hall–Kier alpha value is -3.55. The van der Waals surface area contributed by atoms with Crippen molar-refractivity contribution >= 4 is 18.1 Å². The maximum atomic E-state index is 11.6. The molecular formula is C19H21N3O5. The first-order valence-corrected chi connectivity index (χ1v) is 8.29. The lowest BCUT2D eigenvalue weighted by Gasteiger charge is -2.09. The molecule has 0 aliphatic heterocycles. The summed E-state index contributed by atoms with van der Waals surface area (Å²) in [4.78, 5) is 34.6. The number of hydrogen-bond donors (Lipinski definition) is 3. The number of rotatable bonds is 8. The van der Waals surface area contributed by atoms with E-state index in [0.717, 1.165) is 11.1 Å². The zero-order valence-electron chi connectivity index (χ0n) is 14.6. The van der Waals surface area contributed by atoms with Crippen molar-refractivity contribution in [3.63, 3.8) is 0 Å². The SMILES string of the molecule is O=C(CNC(=O)OCc1ccccc1)NCNC(=O)OCc1ccccc1. The first kappa shape index (κ1) is 19.8. The quantitative estimate of drug-likeness (QED) is 0.615. The molecule has 0 saturated carbocycles. The van der Waals surface area contributed by atoms with Gasteiger partial charge in [-0.2, -0.15) is 0 Å². The summed E-state index contributed by atoms with van der Waals surface area (Å²) in [6.07, 6.45) is -1.36. The van der Waals surface area contributed by atoms with Gasteiger partial charge >= 0.3 is 12.2 Å². The van der Waals surface area contributed by atoms with Gasteiger partial charge in [0.15, 0.2) is 0 Å². The Kier molecular flexibility index (Phi) is 8.16. The molecule has 0 aromatic heterocycles. The highest BCUT2D eigenvalue weighted by molar-refractivity contribution is 5.82. The normalized spacial score (nSPS) is 9.78. The van der Waals surface area contributed by atoms with E-state index in [1.54, 1.807) is 0 Å². The zero-order valence-corrected chi connectivity index (χ0v) is 14.6.